The van der Waals surface area contributed by atoms with E-state index in [0.717, 1.165) is 71.9 Å². The van der Waals surface area contributed by atoms with Gasteiger partial charge in [-0.3, -0.25) is 25.0 Å². The van der Waals surface area contributed by atoms with Crippen LogP contribution in [0.2, 0.25) is 0 Å². The van der Waals surface area contributed by atoms with Gasteiger partial charge in [-0.2, -0.15) is 0 Å². The third kappa shape index (κ3) is 6.20. The number of nitro groups is 2. The number of carbonyl (C=O) groups excluding carboxylic acids is 1. The van der Waals surface area contributed by atoms with Gasteiger partial charge in [0.2, 0.25) is 0 Å². The first kappa shape index (κ1) is 33.7. The van der Waals surface area contributed by atoms with Crippen LogP contribution in [-0.2, 0) is 44.1 Å². The molecule has 4 aliphatic carbocycles. The number of fused-ring (bicyclic) bond motifs is 4. The van der Waals surface area contributed by atoms with Crippen LogP contribution in [0.5, 0.6) is 0 Å². The van der Waals surface area contributed by atoms with E-state index < -0.39 is 5.60 Å². The second-order valence-corrected chi connectivity index (χ2v) is 10.3. The van der Waals surface area contributed by atoms with Gasteiger partial charge in [0.05, 0.1) is 21.0 Å². The Balaban J connectivity index is 0.000000247. The van der Waals surface area contributed by atoms with E-state index >= 15 is 0 Å². The van der Waals surface area contributed by atoms with Crippen molar-refractivity contribution in [1.82, 2.24) is 0 Å². The van der Waals surface area contributed by atoms with Crippen molar-refractivity contribution in [3.63, 3.8) is 0 Å². The summed E-state index contributed by atoms with van der Waals surface area (Å²) in [6.07, 6.45) is 11.2. The predicted octanol–water partition coefficient (Wildman–Crippen LogP) is 2.64. The summed E-state index contributed by atoms with van der Waals surface area (Å²) in [7, 11) is 0. The third-order valence-electron chi connectivity index (χ3n) is 7.93. The van der Waals surface area contributed by atoms with Crippen LogP contribution >= 0.6 is 0 Å². The first-order valence-corrected chi connectivity index (χ1v) is 13.1. The molecule has 40 heavy (non-hydrogen) atoms. The molecule has 10 heteroatoms. The SMILES string of the molecule is C=CCC1(O)CCc2cc3c(c([N+](=O)[O-])c21)CCC3.C=C[CH2-].O=C1CCc2cc3c(c([N+](=O)[O-])c21)CCC3.[Br-].[Mg+2]. The average Bonchev–Trinajstić information content (AvgIpc) is 3.65. The van der Waals surface area contributed by atoms with E-state index in [9.17, 15) is 30.1 Å². The first-order valence-electron chi connectivity index (χ1n) is 13.1. The molecule has 0 radical (unpaired) electrons. The molecule has 0 saturated carbocycles. The fraction of sp³-hybridized carbons (Fsp3) is 0.400. The number of nitro benzene ring substituents is 2. The van der Waals surface area contributed by atoms with Gasteiger partial charge in [-0.15, -0.1) is 6.58 Å². The number of Topliss-reactive ketones (excluding diaryl/α,β-unsaturated/α-hetero) is 1. The van der Waals surface area contributed by atoms with E-state index in [1.54, 1.807) is 6.08 Å². The zero-order chi connectivity index (χ0) is 27.6. The third-order valence-corrected chi connectivity index (χ3v) is 7.93. The van der Waals surface area contributed by atoms with Crippen molar-refractivity contribution in [2.75, 3.05) is 0 Å². The normalized spacial score (nSPS) is 18.7. The molecule has 208 valence electrons. The van der Waals surface area contributed by atoms with Gasteiger partial charge in [0, 0.05) is 17.5 Å². The van der Waals surface area contributed by atoms with Crippen LogP contribution in [0.1, 0.15) is 81.4 Å². The van der Waals surface area contributed by atoms with Crippen LogP contribution in [0.3, 0.4) is 0 Å². The monoisotopic (exact) mass is 620 g/mol. The molecule has 0 aliphatic heterocycles. The Morgan fingerprint density at radius 2 is 1.40 bits per heavy atom. The summed E-state index contributed by atoms with van der Waals surface area (Å²) in [6, 6.07) is 4.08. The summed E-state index contributed by atoms with van der Waals surface area (Å²) in [5.41, 5.74) is 5.80. The molecule has 0 bridgehead atoms. The van der Waals surface area contributed by atoms with Gasteiger partial charge in [-0.25, -0.2) is 19.6 Å². The number of hydrogen-bond donors (Lipinski definition) is 1. The van der Waals surface area contributed by atoms with Gasteiger partial charge in [0.25, 0.3) is 11.4 Å². The number of carbonyl (C=O) groups is 1. The minimum Gasteiger partial charge on any atom is -1.00 e. The molecule has 2 aromatic carbocycles. The Labute approximate surface area is 261 Å². The molecule has 2 aromatic rings. The van der Waals surface area contributed by atoms with Crippen molar-refractivity contribution in [2.45, 2.75) is 76.2 Å². The van der Waals surface area contributed by atoms with Crippen LogP contribution in [0, 0.1) is 27.2 Å². The number of nitrogens with zero attached hydrogens (tertiary/aromatic N) is 2. The van der Waals surface area contributed by atoms with E-state index in [0.29, 0.717) is 43.2 Å². The number of ketones is 1. The van der Waals surface area contributed by atoms with Crippen LogP contribution in [-0.4, -0.2) is 43.8 Å². The zero-order valence-corrected chi connectivity index (χ0v) is 25.7. The van der Waals surface area contributed by atoms with E-state index in [2.05, 4.69) is 26.1 Å². The topological polar surface area (TPSA) is 124 Å². The van der Waals surface area contributed by atoms with E-state index in [4.69, 9.17) is 0 Å². The second kappa shape index (κ2) is 13.9. The molecule has 0 aromatic heterocycles. The molecule has 0 amide bonds. The Hall–Kier alpha value is -2.53. The zero-order valence-electron chi connectivity index (χ0n) is 22.7. The molecular formula is C30H33BrMgN2O6. The van der Waals surface area contributed by atoms with Crippen molar-refractivity contribution >= 4 is 40.2 Å². The summed E-state index contributed by atoms with van der Waals surface area (Å²) in [5, 5.41) is 33.3. The number of aliphatic hydroxyl groups is 1. The molecule has 1 atom stereocenters. The van der Waals surface area contributed by atoms with E-state index in [1.165, 1.54) is 6.08 Å². The molecule has 1 unspecified atom stereocenters. The van der Waals surface area contributed by atoms with Crippen molar-refractivity contribution in [2.24, 2.45) is 0 Å². The van der Waals surface area contributed by atoms with Gasteiger partial charge in [0.15, 0.2) is 5.78 Å². The minimum atomic E-state index is -1.10. The van der Waals surface area contributed by atoms with E-state index in [-0.39, 0.29) is 67.0 Å². The number of benzene rings is 2. The fourth-order valence-electron chi connectivity index (χ4n) is 6.47. The number of rotatable bonds is 4. The molecule has 0 fully saturated rings. The first-order chi connectivity index (χ1) is 18.2. The Kier molecular flexibility index (Phi) is 11.7. The quantitative estimate of drug-likeness (QED) is 0.184. The van der Waals surface area contributed by atoms with Crippen molar-refractivity contribution < 1.29 is 36.7 Å². The fourth-order valence-corrected chi connectivity index (χ4v) is 6.47. The maximum atomic E-state index is 11.7. The van der Waals surface area contributed by atoms with Crippen LogP contribution in [0.25, 0.3) is 0 Å². The summed E-state index contributed by atoms with van der Waals surface area (Å²) in [5.74, 6) is -0.0589. The Morgan fingerprint density at radius 3 is 1.93 bits per heavy atom. The standard InChI is InChI=1S/C15H17NO3.C12H11NO3.C3H5.BrH.Mg/c1-2-7-15(17)8-6-11-9-10-4-3-5-12(10)14(13(11)15)16(18)19;14-10-5-4-8-6-7-2-1-3-9(7)12(11(8)10)13(15)16;1-3-2;;/h2,9,17H,1,3-8H2;6H,1-5H2;3H,1-2H2;1H;/q;;-1;;+2/p-1. The van der Waals surface area contributed by atoms with Gasteiger partial charge in [-0.1, -0.05) is 18.2 Å². The number of hydrogen-bond acceptors (Lipinski definition) is 6. The van der Waals surface area contributed by atoms with Gasteiger partial charge >= 0.3 is 23.1 Å². The van der Waals surface area contributed by atoms with Crippen LogP contribution < -0.4 is 17.0 Å². The van der Waals surface area contributed by atoms with Gasteiger partial charge in [0.1, 0.15) is 5.60 Å². The molecule has 8 nitrogen and oxygen atoms in total. The van der Waals surface area contributed by atoms with Crippen LogP contribution in [0.15, 0.2) is 37.4 Å². The number of allylic oxidation sites excluding steroid dienone is 1. The predicted molar refractivity (Wildman–Crippen MR) is 151 cm³/mol. The molecule has 0 spiro atoms. The Morgan fingerprint density at radius 1 is 0.875 bits per heavy atom. The summed E-state index contributed by atoms with van der Waals surface area (Å²) in [4.78, 5) is 33.6. The molecule has 0 saturated heterocycles. The maximum Gasteiger partial charge on any atom is 2.00 e. The second-order valence-electron chi connectivity index (χ2n) is 10.3. The van der Waals surface area contributed by atoms with E-state index in [1.807, 2.05) is 6.07 Å². The largest absolute Gasteiger partial charge is 2.00 e. The molecule has 0 heterocycles. The van der Waals surface area contributed by atoms with Crippen molar-refractivity contribution in [3.05, 3.63) is 109 Å². The Bertz CT molecular complexity index is 1360. The van der Waals surface area contributed by atoms with Gasteiger partial charge < -0.3 is 22.1 Å². The molecule has 4 aliphatic rings. The smallest absolute Gasteiger partial charge is 1.00 e. The average molecular weight is 622 g/mol. The summed E-state index contributed by atoms with van der Waals surface area (Å²) < 4.78 is 0. The molecular weight excluding hydrogens is 589 g/mol. The number of aryl methyl sites for hydroxylation is 4. The van der Waals surface area contributed by atoms with Crippen molar-refractivity contribution in [1.29, 1.82) is 0 Å². The van der Waals surface area contributed by atoms with Crippen LogP contribution in [0.4, 0.5) is 11.4 Å². The molecule has 6 rings (SSSR count). The molecule has 1 N–H and O–H groups in total. The summed E-state index contributed by atoms with van der Waals surface area (Å²) >= 11 is 0. The maximum absolute atomic E-state index is 11.7. The summed E-state index contributed by atoms with van der Waals surface area (Å²) in [6.45, 7) is 10.2. The van der Waals surface area contributed by atoms with Gasteiger partial charge in [-0.05, 0) is 86.5 Å². The number of halogens is 1. The van der Waals surface area contributed by atoms with Crippen molar-refractivity contribution in [3.8, 4) is 0 Å². The minimum absolute atomic E-state index is 0.